The van der Waals surface area contributed by atoms with Crippen LogP contribution in [0.2, 0.25) is 0 Å². The van der Waals surface area contributed by atoms with Crippen molar-refractivity contribution in [2.45, 2.75) is 65.1 Å². The second kappa shape index (κ2) is 11.8. The van der Waals surface area contributed by atoms with Crippen LogP contribution >= 0.6 is 8.58 Å². The van der Waals surface area contributed by atoms with Crippen LogP contribution in [0.25, 0.3) is 6.20 Å². The van der Waals surface area contributed by atoms with Gasteiger partial charge in [-0.05, 0) is 74.4 Å². The zero-order valence-electron chi connectivity index (χ0n) is 21.4. The van der Waals surface area contributed by atoms with Gasteiger partial charge in [0.2, 0.25) is 0 Å². The third-order valence-corrected chi connectivity index (χ3v) is 6.57. The Bertz CT molecular complexity index is 1110. The number of amides is 1. The number of benzene rings is 1. The molecule has 36 heavy (non-hydrogen) atoms. The molecule has 0 saturated carbocycles. The maximum absolute atomic E-state index is 14.2. The molecule has 1 aliphatic rings. The van der Waals surface area contributed by atoms with Gasteiger partial charge in [0.15, 0.2) is 0 Å². The van der Waals surface area contributed by atoms with Crippen molar-refractivity contribution in [1.82, 2.24) is 20.4 Å². The number of nitrogens with zero attached hydrogens (tertiary/aromatic N) is 2. The van der Waals surface area contributed by atoms with Gasteiger partial charge in [0.25, 0.3) is 0 Å². The zero-order valence-corrected chi connectivity index (χ0v) is 22.4. The van der Waals surface area contributed by atoms with Crippen LogP contribution in [0.4, 0.5) is 9.18 Å². The highest BCUT2D eigenvalue weighted by Gasteiger charge is 2.25. The number of alkyl carbamates (subject to hydrolysis) is 1. The van der Waals surface area contributed by atoms with Crippen molar-refractivity contribution in [3.63, 3.8) is 0 Å². The van der Waals surface area contributed by atoms with Gasteiger partial charge >= 0.3 is 12.1 Å². The number of aromatic nitrogens is 2. The van der Waals surface area contributed by atoms with Crippen molar-refractivity contribution in [2.75, 3.05) is 13.2 Å². The summed E-state index contributed by atoms with van der Waals surface area (Å²) in [5.41, 5.74) is 1.27. The summed E-state index contributed by atoms with van der Waals surface area (Å²) < 4.78 is 32.3. The topological polar surface area (TPSA) is 104 Å². The molecule has 2 N–H and O–H groups in total. The molecule has 1 amide bonds. The lowest BCUT2D eigenvalue weighted by Gasteiger charge is -2.26. The van der Waals surface area contributed by atoms with Crippen LogP contribution in [0.15, 0.2) is 30.5 Å². The largest absolute Gasteiger partial charge is 0.489 e. The fourth-order valence-electron chi connectivity index (χ4n) is 3.56. The van der Waals surface area contributed by atoms with Crippen LogP contribution in [0.3, 0.4) is 0 Å². The van der Waals surface area contributed by atoms with E-state index in [9.17, 15) is 14.0 Å². The first kappa shape index (κ1) is 27.6. The highest BCUT2D eigenvalue weighted by Crippen LogP contribution is 2.31. The molecule has 1 aliphatic heterocycles. The molecule has 2 aromatic rings. The normalized spacial score (nSPS) is 17.2. The molecule has 0 fully saturated rings. The molecule has 3 rings (SSSR count). The summed E-state index contributed by atoms with van der Waals surface area (Å²) in [5, 5.41) is 10.4. The van der Waals surface area contributed by atoms with Crippen LogP contribution in [-0.4, -0.2) is 52.5 Å². The highest BCUT2D eigenvalue weighted by molar-refractivity contribution is 7.48. The Morgan fingerprint density at radius 1 is 1.28 bits per heavy atom. The number of hydrogen-bond donors (Lipinski definition) is 2. The number of ether oxygens (including phenoxy) is 3. The number of carbonyl (C=O) groups is 2. The molecule has 0 radical (unpaired) electrons. The van der Waals surface area contributed by atoms with E-state index in [2.05, 4.69) is 15.7 Å². The van der Waals surface area contributed by atoms with E-state index >= 15 is 0 Å². The summed E-state index contributed by atoms with van der Waals surface area (Å²) >= 11 is 0. The van der Waals surface area contributed by atoms with Crippen molar-refractivity contribution in [1.29, 1.82) is 0 Å². The van der Waals surface area contributed by atoms with E-state index in [0.29, 0.717) is 16.9 Å². The molecule has 0 aliphatic carbocycles. The van der Waals surface area contributed by atoms with Gasteiger partial charge in [-0.25, -0.2) is 18.7 Å². The number of halogens is 1. The van der Waals surface area contributed by atoms with Crippen molar-refractivity contribution in [3.8, 4) is 5.75 Å². The Labute approximate surface area is 212 Å². The molecular weight excluding hydrogens is 486 g/mol. The predicted molar refractivity (Wildman–Crippen MR) is 138 cm³/mol. The van der Waals surface area contributed by atoms with Crippen molar-refractivity contribution in [2.24, 2.45) is 0 Å². The SMILES string of the molecule is CCOC(=O)c1cnn2c1PC(NC(C)c1cc(F)ccc1OC(C)CNC(=O)OC(C)(C)C)C=C2. The molecule has 1 aromatic heterocycles. The molecule has 9 nitrogen and oxygen atoms in total. The highest BCUT2D eigenvalue weighted by atomic mass is 31.1. The Hall–Kier alpha value is -2.97. The van der Waals surface area contributed by atoms with Crippen LogP contribution < -0.4 is 20.8 Å². The van der Waals surface area contributed by atoms with E-state index in [0.717, 1.165) is 5.44 Å². The van der Waals surface area contributed by atoms with Gasteiger partial charge in [-0.15, -0.1) is 0 Å². The molecule has 0 spiro atoms. The van der Waals surface area contributed by atoms with Crippen LogP contribution in [0.1, 0.15) is 63.5 Å². The quantitative estimate of drug-likeness (QED) is 0.381. The standard InChI is InChI=1S/C25H34FN4O5P/c1-7-33-23(31)19-14-28-30-11-10-21(36-22(19)30)29-16(3)18-12-17(26)8-9-20(18)34-15(2)13-27-24(32)35-25(4,5)6/h8-12,14-16,21,29,36H,7,13H2,1-6H3,(H,27,32). The van der Waals surface area contributed by atoms with Crippen LogP contribution in [-0.2, 0) is 9.47 Å². The maximum Gasteiger partial charge on any atom is 0.407 e. The summed E-state index contributed by atoms with van der Waals surface area (Å²) in [6.45, 7) is 11.4. The smallest absolute Gasteiger partial charge is 0.407 e. The van der Waals surface area contributed by atoms with E-state index in [4.69, 9.17) is 14.2 Å². The average Bonchev–Trinajstić information content (AvgIpc) is 3.21. The summed E-state index contributed by atoms with van der Waals surface area (Å²) in [6, 6.07) is 4.08. The molecule has 4 atom stereocenters. The fourth-order valence-corrected chi connectivity index (χ4v) is 4.96. The zero-order chi connectivity index (χ0) is 26.5. The van der Waals surface area contributed by atoms with Gasteiger partial charge in [-0.3, -0.25) is 5.32 Å². The van der Waals surface area contributed by atoms with Gasteiger partial charge in [0.05, 0.1) is 30.6 Å². The second-order valence-corrected chi connectivity index (χ2v) is 10.8. The first-order chi connectivity index (χ1) is 17.0. The maximum atomic E-state index is 14.2. The second-order valence-electron chi connectivity index (χ2n) is 9.42. The minimum Gasteiger partial charge on any atom is -0.489 e. The summed E-state index contributed by atoms with van der Waals surface area (Å²) in [7, 11) is 0.210. The van der Waals surface area contributed by atoms with Gasteiger partial charge in [0, 0.05) is 17.8 Å². The molecule has 1 aromatic carbocycles. The van der Waals surface area contributed by atoms with E-state index < -0.39 is 17.7 Å². The number of fused-ring (bicyclic) bond motifs is 1. The van der Waals surface area contributed by atoms with Gasteiger partial charge in [-0.1, -0.05) is 0 Å². The minimum absolute atomic E-state index is 0.0975. The lowest BCUT2D eigenvalue weighted by atomic mass is 10.1. The summed E-state index contributed by atoms with van der Waals surface area (Å²) in [5.74, 6) is -0.368. The molecule has 11 heteroatoms. The molecule has 0 bridgehead atoms. The molecule has 4 unspecified atom stereocenters. The Kier molecular flexibility index (Phi) is 9.08. The Morgan fingerprint density at radius 3 is 2.72 bits per heavy atom. The third-order valence-electron chi connectivity index (χ3n) is 5.13. The molecule has 2 heterocycles. The third kappa shape index (κ3) is 7.51. The minimum atomic E-state index is -0.595. The number of esters is 1. The molecule has 0 saturated heterocycles. The first-order valence-corrected chi connectivity index (χ1v) is 12.9. The Balaban J connectivity index is 1.66. The van der Waals surface area contributed by atoms with Crippen molar-refractivity contribution >= 4 is 32.3 Å². The van der Waals surface area contributed by atoms with Crippen molar-refractivity contribution < 1.29 is 28.2 Å². The Morgan fingerprint density at radius 2 is 2.03 bits per heavy atom. The van der Waals surface area contributed by atoms with E-state index in [1.165, 1.54) is 18.3 Å². The average molecular weight is 521 g/mol. The lowest BCUT2D eigenvalue weighted by molar-refractivity contribution is 0.0501. The van der Waals surface area contributed by atoms with Crippen LogP contribution in [0, 0.1) is 5.82 Å². The number of hydrogen-bond acceptors (Lipinski definition) is 7. The van der Waals surface area contributed by atoms with Gasteiger partial charge < -0.3 is 19.5 Å². The fraction of sp³-hybridized carbons (Fsp3) is 0.480. The van der Waals surface area contributed by atoms with Crippen molar-refractivity contribution in [3.05, 3.63) is 47.4 Å². The summed E-state index contributed by atoms with van der Waals surface area (Å²) in [6.07, 6.45) is 4.36. The van der Waals surface area contributed by atoms with E-state index in [1.54, 1.807) is 44.6 Å². The predicted octanol–water partition coefficient (Wildman–Crippen LogP) is 3.96. The molecule has 196 valence electrons. The van der Waals surface area contributed by atoms with E-state index in [1.807, 2.05) is 19.9 Å². The first-order valence-electron chi connectivity index (χ1n) is 11.8. The number of rotatable bonds is 9. The lowest BCUT2D eigenvalue weighted by Crippen LogP contribution is -2.38. The summed E-state index contributed by atoms with van der Waals surface area (Å²) in [4.78, 5) is 24.2. The van der Waals surface area contributed by atoms with Crippen LogP contribution in [0.5, 0.6) is 5.75 Å². The van der Waals surface area contributed by atoms with Gasteiger partial charge in [-0.2, -0.15) is 5.10 Å². The molecular formula is C25H34FN4O5P. The monoisotopic (exact) mass is 520 g/mol. The van der Waals surface area contributed by atoms with E-state index in [-0.39, 0.29) is 45.5 Å². The van der Waals surface area contributed by atoms with Gasteiger partial charge in [0.1, 0.15) is 28.8 Å². The number of nitrogens with one attached hydrogen (secondary N) is 2. The number of carbonyl (C=O) groups excluding carboxylic acids is 2.